The van der Waals surface area contributed by atoms with Gasteiger partial charge >= 0.3 is 0 Å². The first-order chi connectivity index (χ1) is 7.37. The minimum absolute atomic E-state index is 0.0917. The Bertz CT molecular complexity index is 300. The predicted octanol–water partition coefficient (Wildman–Crippen LogP) is 1.53. The highest BCUT2D eigenvalue weighted by Crippen LogP contribution is 2.93. The maximum Gasteiger partial charge on any atom is 0.145 e. The van der Waals surface area contributed by atoms with Crippen LogP contribution in [-0.4, -0.2) is 12.8 Å². The Morgan fingerprint density at radius 3 is 2.47 bits per heavy atom. The lowest BCUT2D eigenvalue weighted by atomic mass is 10.2. The second-order valence-electron chi connectivity index (χ2n) is 5.59. The van der Waals surface area contributed by atoms with E-state index in [1.807, 2.05) is 12.3 Å². The van der Waals surface area contributed by atoms with Crippen LogP contribution >= 0.6 is 0 Å². The summed E-state index contributed by atoms with van der Waals surface area (Å²) in [6.07, 6.45) is 11.4. The fraction of sp³-hybridized carbons (Fsp3) is 0.833. The standard InChI is InChI=1S/C12H18N2O/c1-7-13-14-10(1)15-8-2-9-11(3-4-11)12(9)5-6-12/h1,7,9-10,13-14H,2-6,8H2. The van der Waals surface area contributed by atoms with Crippen molar-refractivity contribution in [2.45, 2.75) is 38.3 Å². The smallest absolute Gasteiger partial charge is 0.145 e. The van der Waals surface area contributed by atoms with Crippen molar-refractivity contribution in [1.29, 1.82) is 0 Å². The lowest BCUT2D eigenvalue weighted by Crippen LogP contribution is -2.32. The zero-order valence-corrected chi connectivity index (χ0v) is 8.96. The van der Waals surface area contributed by atoms with E-state index < -0.39 is 0 Å². The largest absolute Gasteiger partial charge is 0.358 e. The molecule has 15 heavy (non-hydrogen) atoms. The van der Waals surface area contributed by atoms with Crippen LogP contribution in [-0.2, 0) is 4.74 Å². The lowest BCUT2D eigenvalue weighted by Gasteiger charge is -2.10. The van der Waals surface area contributed by atoms with E-state index in [0.29, 0.717) is 0 Å². The van der Waals surface area contributed by atoms with Crippen molar-refractivity contribution < 1.29 is 4.74 Å². The van der Waals surface area contributed by atoms with Crippen molar-refractivity contribution in [1.82, 2.24) is 10.9 Å². The molecular formula is C12H18N2O. The molecule has 3 aliphatic carbocycles. The number of hydrogen-bond donors (Lipinski definition) is 2. The van der Waals surface area contributed by atoms with Crippen LogP contribution in [0.25, 0.3) is 0 Å². The summed E-state index contributed by atoms with van der Waals surface area (Å²) >= 11 is 0. The second-order valence-corrected chi connectivity index (χ2v) is 5.59. The first kappa shape index (κ1) is 8.59. The van der Waals surface area contributed by atoms with Crippen molar-refractivity contribution >= 4 is 0 Å². The van der Waals surface area contributed by atoms with Gasteiger partial charge in [0.1, 0.15) is 6.23 Å². The molecule has 4 rings (SSSR count). The number of hydrazine groups is 1. The molecule has 0 saturated heterocycles. The van der Waals surface area contributed by atoms with Crippen LogP contribution in [0, 0.1) is 16.7 Å². The molecule has 0 aromatic rings. The molecule has 1 unspecified atom stereocenters. The Morgan fingerprint density at radius 2 is 1.93 bits per heavy atom. The Kier molecular flexibility index (Phi) is 1.48. The first-order valence-electron chi connectivity index (χ1n) is 6.17. The molecule has 3 saturated carbocycles. The van der Waals surface area contributed by atoms with Gasteiger partial charge in [0.05, 0.1) is 0 Å². The molecule has 1 aliphatic heterocycles. The minimum Gasteiger partial charge on any atom is -0.358 e. The van der Waals surface area contributed by atoms with Gasteiger partial charge in [0.15, 0.2) is 0 Å². The summed E-state index contributed by atoms with van der Waals surface area (Å²) in [5.74, 6) is 1.02. The average Bonchev–Trinajstić information content (AvgIpc) is 3.18. The Hall–Kier alpha value is -0.540. The van der Waals surface area contributed by atoms with E-state index in [-0.39, 0.29) is 6.23 Å². The van der Waals surface area contributed by atoms with Gasteiger partial charge < -0.3 is 10.2 Å². The molecule has 3 fully saturated rings. The third-order valence-corrected chi connectivity index (χ3v) is 5.10. The van der Waals surface area contributed by atoms with Crippen LogP contribution in [0.5, 0.6) is 0 Å². The monoisotopic (exact) mass is 206 g/mol. The normalized spacial score (nSPS) is 37.2. The molecule has 0 aromatic heterocycles. The van der Waals surface area contributed by atoms with Crippen molar-refractivity contribution in [2.75, 3.05) is 6.61 Å². The second kappa shape index (κ2) is 2.58. The van der Waals surface area contributed by atoms with Gasteiger partial charge in [-0.1, -0.05) is 0 Å². The molecule has 4 aliphatic rings. The van der Waals surface area contributed by atoms with E-state index in [1.165, 1.54) is 32.1 Å². The first-order valence-corrected chi connectivity index (χ1v) is 6.17. The van der Waals surface area contributed by atoms with E-state index in [4.69, 9.17) is 4.74 Å². The lowest BCUT2D eigenvalue weighted by molar-refractivity contribution is 0.0578. The van der Waals surface area contributed by atoms with Gasteiger partial charge in [0, 0.05) is 12.8 Å². The quantitative estimate of drug-likeness (QED) is 0.732. The maximum absolute atomic E-state index is 5.74. The Morgan fingerprint density at radius 1 is 1.20 bits per heavy atom. The SMILES string of the molecule is C1=CC(OCCC2C3(CC3)C23CC3)NN1. The maximum atomic E-state index is 5.74. The van der Waals surface area contributed by atoms with Crippen LogP contribution in [0.4, 0.5) is 0 Å². The van der Waals surface area contributed by atoms with Crippen LogP contribution < -0.4 is 10.9 Å². The summed E-state index contributed by atoms with van der Waals surface area (Å²) in [5, 5.41) is 0. The topological polar surface area (TPSA) is 33.3 Å². The highest BCUT2D eigenvalue weighted by molar-refractivity contribution is 5.34. The fourth-order valence-electron chi connectivity index (χ4n) is 4.08. The van der Waals surface area contributed by atoms with Gasteiger partial charge in [0.25, 0.3) is 0 Å². The number of nitrogens with one attached hydrogen (secondary N) is 2. The Labute approximate surface area is 90.2 Å². The van der Waals surface area contributed by atoms with Crippen molar-refractivity contribution in [3.8, 4) is 0 Å². The molecule has 82 valence electrons. The summed E-state index contributed by atoms with van der Waals surface area (Å²) < 4.78 is 5.74. The van der Waals surface area contributed by atoms with Gasteiger partial charge in [-0.3, -0.25) is 0 Å². The van der Waals surface area contributed by atoms with Crippen LogP contribution in [0.3, 0.4) is 0 Å². The highest BCUT2D eigenvalue weighted by atomic mass is 16.5. The third-order valence-electron chi connectivity index (χ3n) is 5.10. The fourth-order valence-corrected chi connectivity index (χ4v) is 4.08. The number of rotatable bonds is 4. The molecule has 3 heteroatoms. The summed E-state index contributed by atoms with van der Waals surface area (Å²) in [7, 11) is 0. The molecule has 2 spiro atoms. The van der Waals surface area contributed by atoms with Crippen molar-refractivity contribution in [2.24, 2.45) is 16.7 Å². The van der Waals surface area contributed by atoms with Gasteiger partial charge in [-0.25, -0.2) is 5.43 Å². The molecule has 1 heterocycles. The van der Waals surface area contributed by atoms with Crippen LogP contribution in [0.1, 0.15) is 32.1 Å². The summed E-state index contributed by atoms with van der Waals surface area (Å²) in [4.78, 5) is 0. The molecule has 3 nitrogen and oxygen atoms in total. The Balaban J connectivity index is 1.27. The van der Waals surface area contributed by atoms with Gasteiger partial charge in [0.2, 0.25) is 0 Å². The van der Waals surface area contributed by atoms with Crippen LogP contribution in [0.15, 0.2) is 12.3 Å². The highest BCUT2D eigenvalue weighted by Gasteiger charge is 2.85. The molecular weight excluding hydrogens is 188 g/mol. The zero-order chi connectivity index (χ0) is 9.93. The minimum atomic E-state index is 0.0917. The van der Waals surface area contributed by atoms with Gasteiger partial charge in [-0.15, -0.1) is 0 Å². The summed E-state index contributed by atoms with van der Waals surface area (Å²) in [5.41, 5.74) is 7.65. The van der Waals surface area contributed by atoms with E-state index in [9.17, 15) is 0 Å². The van der Waals surface area contributed by atoms with E-state index in [0.717, 1.165) is 23.4 Å². The molecule has 2 N–H and O–H groups in total. The van der Waals surface area contributed by atoms with E-state index >= 15 is 0 Å². The number of hydrogen-bond acceptors (Lipinski definition) is 3. The average molecular weight is 206 g/mol. The molecule has 0 aromatic carbocycles. The molecule has 1 atom stereocenters. The van der Waals surface area contributed by atoms with Crippen LogP contribution in [0.2, 0.25) is 0 Å². The van der Waals surface area contributed by atoms with Crippen molar-refractivity contribution in [3.63, 3.8) is 0 Å². The number of ether oxygens (including phenoxy) is 1. The molecule has 0 radical (unpaired) electrons. The van der Waals surface area contributed by atoms with Gasteiger partial charge in [-0.05, 0) is 54.9 Å². The summed E-state index contributed by atoms with van der Waals surface area (Å²) in [6.45, 7) is 0.915. The third kappa shape index (κ3) is 1.03. The van der Waals surface area contributed by atoms with Crippen molar-refractivity contribution in [3.05, 3.63) is 12.3 Å². The molecule has 0 amide bonds. The molecule has 0 bridgehead atoms. The van der Waals surface area contributed by atoms with E-state index in [1.54, 1.807) is 0 Å². The predicted molar refractivity (Wildman–Crippen MR) is 56.6 cm³/mol. The summed E-state index contributed by atoms with van der Waals surface area (Å²) in [6, 6.07) is 0. The number of fused-ring (bicyclic) bond motifs is 1. The van der Waals surface area contributed by atoms with Gasteiger partial charge in [-0.2, -0.15) is 0 Å². The zero-order valence-electron chi connectivity index (χ0n) is 8.96. The van der Waals surface area contributed by atoms with E-state index in [2.05, 4.69) is 10.9 Å².